The minimum Gasteiger partial charge on any atom is -0.265 e. The zero-order valence-electron chi connectivity index (χ0n) is 29.8. The molecule has 55 heavy (non-hydrogen) atoms. The van der Waals surface area contributed by atoms with Gasteiger partial charge in [-0.15, -0.1) is 11.3 Å². The third kappa shape index (κ3) is 6.39. The quantitative estimate of drug-likeness (QED) is 0.165. The summed E-state index contributed by atoms with van der Waals surface area (Å²) in [6, 6.07) is 66.8. The molecule has 3 aromatic heterocycles. The van der Waals surface area contributed by atoms with Gasteiger partial charge >= 0.3 is 0 Å². The second kappa shape index (κ2) is 14.1. The fourth-order valence-electron chi connectivity index (χ4n) is 7.46. The molecule has 3 nitrogen and oxygen atoms in total. The summed E-state index contributed by atoms with van der Waals surface area (Å²) in [6.45, 7) is 0. The molecule has 0 N–H and O–H groups in total. The van der Waals surface area contributed by atoms with Crippen molar-refractivity contribution in [2.75, 3.05) is 0 Å². The molecule has 0 aliphatic heterocycles. The number of hydrogen-bond acceptors (Lipinski definition) is 4. The van der Waals surface area contributed by atoms with Gasteiger partial charge in [0.1, 0.15) is 0 Å². The molecule has 4 heteroatoms. The van der Waals surface area contributed by atoms with Gasteiger partial charge in [0.2, 0.25) is 0 Å². The predicted molar refractivity (Wildman–Crippen MR) is 231 cm³/mol. The maximum Gasteiger partial charge on any atom is 0.160 e. The number of pyridine rings is 1. The molecule has 0 aliphatic rings. The van der Waals surface area contributed by atoms with E-state index >= 15 is 0 Å². The average molecular weight is 720 g/mol. The molecule has 7 aromatic carbocycles. The Bertz CT molecular complexity index is 2970. The van der Waals surface area contributed by atoms with E-state index in [2.05, 4.69) is 163 Å². The predicted octanol–water partition coefficient (Wildman–Crippen LogP) is 13.9. The van der Waals surface area contributed by atoms with E-state index in [-0.39, 0.29) is 0 Å². The molecule has 0 radical (unpaired) electrons. The van der Waals surface area contributed by atoms with Gasteiger partial charge in [-0.2, -0.15) is 0 Å². The first-order valence-corrected chi connectivity index (χ1v) is 19.2. The lowest BCUT2D eigenvalue weighted by molar-refractivity contribution is 1.18. The van der Waals surface area contributed by atoms with Crippen molar-refractivity contribution in [3.05, 3.63) is 200 Å². The summed E-state index contributed by atoms with van der Waals surface area (Å²) < 4.78 is 2.59. The third-order valence-electron chi connectivity index (χ3n) is 10.2. The Morgan fingerprint density at radius 1 is 0.309 bits per heavy atom. The molecule has 3 heterocycles. The van der Waals surface area contributed by atoms with Gasteiger partial charge < -0.3 is 0 Å². The Balaban J connectivity index is 1.20. The van der Waals surface area contributed by atoms with Crippen LogP contribution in [-0.2, 0) is 0 Å². The number of rotatable bonds is 7. The summed E-state index contributed by atoms with van der Waals surface area (Å²) in [4.78, 5) is 14.8. The number of aromatic nitrogens is 3. The third-order valence-corrected chi connectivity index (χ3v) is 11.3. The molecule has 10 aromatic rings. The van der Waals surface area contributed by atoms with Gasteiger partial charge in [-0.05, 0) is 105 Å². The van der Waals surface area contributed by atoms with Crippen molar-refractivity contribution < 1.29 is 0 Å². The lowest BCUT2D eigenvalue weighted by Gasteiger charge is -2.15. The van der Waals surface area contributed by atoms with E-state index in [0.29, 0.717) is 5.82 Å². The first kappa shape index (κ1) is 32.6. The Kier molecular flexibility index (Phi) is 8.36. The number of benzene rings is 7. The summed E-state index contributed by atoms with van der Waals surface area (Å²) in [6.07, 6.45) is 3.67. The largest absolute Gasteiger partial charge is 0.265 e. The highest BCUT2D eigenvalue weighted by Crippen LogP contribution is 2.40. The molecular weight excluding hydrogens is 687 g/mol. The molecule has 0 atom stereocenters. The summed E-state index contributed by atoms with van der Waals surface area (Å²) in [7, 11) is 0. The number of nitrogens with zero attached hydrogens (tertiary/aromatic N) is 3. The van der Waals surface area contributed by atoms with Crippen LogP contribution in [0.5, 0.6) is 0 Å². The maximum atomic E-state index is 5.30. The minimum atomic E-state index is 0.682. The van der Waals surface area contributed by atoms with Gasteiger partial charge in [-0.3, -0.25) is 4.98 Å². The monoisotopic (exact) mass is 719 g/mol. The van der Waals surface area contributed by atoms with Gasteiger partial charge in [0, 0.05) is 49.3 Å². The smallest absolute Gasteiger partial charge is 0.160 e. The van der Waals surface area contributed by atoms with Crippen molar-refractivity contribution >= 4 is 31.5 Å². The Morgan fingerprint density at radius 3 is 1.65 bits per heavy atom. The fraction of sp³-hybridized carbons (Fsp3) is 0. The lowest BCUT2D eigenvalue weighted by Crippen LogP contribution is -1.97. The second-order valence-corrected chi connectivity index (χ2v) is 14.7. The summed E-state index contributed by atoms with van der Waals surface area (Å²) in [5, 5.41) is 2.57. The molecule has 0 aliphatic carbocycles. The topological polar surface area (TPSA) is 38.7 Å². The van der Waals surface area contributed by atoms with Crippen LogP contribution in [-0.4, -0.2) is 15.0 Å². The average Bonchev–Trinajstić information content (AvgIpc) is 3.65. The Morgan fingerprint density at radius 2 is 0.873 bits per heavy atom. The second-order valence-electron chi connectivity index (χ2n) is 13.7. The normalized spacial score (nSPS) is 11.3. The first-order valence-electron chi connectivity index (χ1n) is 18.4. The van der Waals surface area contributed by atoms with E-state index in [1.807, 2.05) is 54.1 Å². The summed E-state index contributed by atoms with van der Waals surface area (Å²) >= 11 is 1.84. The number of thiophene rings is 1. The van der Waals surface area contributed by atoms with Crippen LogP contribution in [0.3, 0.4) is 0 Å². The molecule has 0 spiro atoms. The SMILES string of the molecule is c1ccc(-c2cccc(-c3cc(-c4ccc5sc6ccccc6c5c4)cc(-c4cc(-c5ccccc5-c5ccncc5)nc(-c5ccccc5)n4)c3)c2)cc1. The van der Waals surface area contributed by atoms with Crippen LogP contribution in [0.2, 0.25) is 0 Å². The van der Waals surface area contributed by atoms with E-state index in [4.69, 9.17) is 9.97 Å². The zero-order valence-corrected chi connectivity index (χ0v) is 30.6. The molecule has 10 rings (SSSR count). The molecule has 0 unspecified atom stereocenters. The van der Waals surface area contributed by atoms with Crippen molar-refractivity contribution in [1.29, 1.82) is 0 Å². The lowest BCUT2D eigenvalue weighted by atomic mass is 9.92. The minimum absolute atomic E-state index is 0.682. The first-order chi connectivity index (χ1) is 27.2. The van der Waals surface area contributed by atoms with Gasteiger partial charge in [-0.25, -0.2) is 9.97 Å². The van der Waals surface area contributed by atoms with E-state index < -0.39 is 0 Å². The molecule has 258 valence electrons. The van der Waals surface area contributed by atoms with E-state index in [1.165, 1.54) is 36.9 Å². The number of fused-ring (bicyclic) bond motifs is 3. The number of hydrogen-bond donors (Lipinski definition) is 0. The van der Waals surface area contributed by atoms with Crippen LogP contribution in [0, 0.1) is 0 Å². The van der Waals surface area contributed by atoms with Crippen molar-refractivity contribution in [3.63, 3.8) is 0 Å². The summed E-state index contributed by atoms with van der Waals surface area (Å²) in [5.41, 5.74) is 13.9. The van der Waals surface area contributed by atoms with Crippen LogP contribution in [0.25, 0.3) is 98.6 Å². The van der Waals surface area contributed by atoms with Crippen LogP contribution in [0.4, 0.5) is 0 Å². The van der Waals surface area contributed by atoms with Crippen LogP contribution >= 0.6 is 11.3 Å². The van der Waals surface area contributed by atoms with Gasteiger partial charge in [0.15, 0.2) is 5.82 Å². The molecule has 0 saturated heterocycles. The highest BCUT2D eigenvalue weighted by molar-refractivity contribution is 7.25. The Labute approximate surface area is 323 Å². The highest BCUT2D eigenvalue weighted by Gasteiger charge is 2.17. The molecular formula is C51H33N3S. The van der Waals surface area contributed by atoms with E-state index in [1.54, 1.807) is 0 Å². The maximum absolute atomic E-state index is 5.30. The van der Waals surface area contributed by atoms with E-state index in [0.717, 1.165) is 55.9 Å². The van der Waals surface area contributed by atoms with Crippen molar-refractivity contribution in [2.24, 2.45) is 0 Å². The molecule has 0 amide bonds. The standard InChI is InChI=1S/C51H33N3S/c1-3-12-34(13-4-1)37-16-11-17-38(28-37)40-29-41(39-22-23-50-46(32-39)45-20-9-10-21-49(45)55-50)31-42(30-40)47-33-48(54-51(53-47)36-14-5-2-6-15-36)44-19-8-7-18-43(44)35-24-26-52-27-25-35/h1-33H. The van der Waals surface area contributed by atoms with Crippen molar-refractivity contribution in [3.8, 4) is 78.4 Å². The highest BCUT2D eigenvalue weighted by atomic mass is 32.1. The van der Waals surface area contributed by atoms with Gasteiger partial charge in [-0.1, -0.05) is 127 Å². The Hall–Kier alpha value is -7.01. The molecule has 0 saturated carbocycles. The fourth-order valence-corrected chi connectivity index (χ4v) is 8.55. The zero-order chi connectivity index (χ0) is 36.6. The molecule has 0 fully saturated rings. The van der Waals surface area contributed by atoms with Crippen LogP contribution in [0.1, 0.15) is 0 Å². The summed E-state index contributed by atoms with van der Waals surface area (Å²) in [5.74, 6) is 0.682. The van der Waals surface area contributed by atoms with Crippen molar-refractivity contribution in [2.45, 2.75) is 0 Å². The van der Waals surface area contributed by atoms with Gasteiger partial charge in [0.25, 0.3) is 0 Å². The van der Waals surface area contributed by atoms with Crippen molar-refractivity contribution in [1.82, 2.24) is 15.0 Å². The van der Waals surface area contributed by atoms with Gasteiger partial charge in [0.05, 0.1) is 11.4 Å². The van der Waals surface area contributed by atoms with Crippen LogP contribution < -0.4 is 0 Å². The van der Waals surface area contributed by atoms with Crippen LogP contribution in [0.15, 0.2) is 200 Å². The molecule has 0 bridgehead atoms. The van der Waals surface area contributed by atoms with E-state index in [9.17, 15) is 0 Å².